The maximum absolute atomic E-state index is 12.7. The molecule has 132 valence electrons. The summed E-state index contributed by atoms with van der Waals surface area (Å²) in [6.45, 7) is 3.34. The first-order chi connectivity index (χ1) is 12.5. The average Bonchev–Trinajstić information content (AvgIpc) is 3.05. The summed E-state index contributed by atoms with van der Waals surface area (Å²) in [5.41, 5.74) is 2.56. The summed E-state index contributed by atoms with van der Waals surface area (Å²) in [4.78, 5) is 25.0. The van der Waals surface area contributed by atoms with Crippen LogP contribution in [0.2, 0.25) is 0 Å². The molecule has 1 heterocycles. The lowest BCUT2D eigenvalue weighted by atomic mass is 10.1. The first kappa shape index (κ1) is 17.9. The minimum Gasteiger partial charge on any atom is -0.361 e. The number of thioether (sulfide) groups is 1. The Balaban J connectivity index is 1.75. The van der Waals surface area contributed by atoms with Gasteiger partial charge in [0.1, 0.15) is 5.76 Å². The van der Waals surface area contributed by atoms with Crippen molar-refractivity contribution in [3.8, 4) is 0 Å². The highest BCUT2D eigenvalue weighted by Gasteiger charge is 2.13. The van der Waals surface area contributed by atoms with E-state index in [4.69, 9.17) is 4.52 Å². The normalized spacial score (nSPS) is 10.5. The molecule has 2 aromatic carbocycles. The van der Waals surface area contributed by atoms with Crippen LogP contribution in [0.4, 0.5) is 5.69 Å². The summed E-state index contributed by atoms with van der Waals surface area (Å²) in [7, 11) is 0. The van der Waals surface area contributed by atoms with Crippen molar-refractivity contribution in [2.45, 2.75) is 24.5 Å². The minimum atomic E-state index is -0.217. The van der Waals surface area contributed by atoms with Gasteiger partial charge in [0.15, 0.2) is 5.78 Å². The third kappa shape index (κ3) is 4.40. The van der Waals surface area contributed by atoms with Gasteiger partial charge in [0, 0.05) is 28.0 Å². The number of aryl methyl sites for hydroxylation is 1. The molecule has 0 bridgehead atoms. The molecular weight excluding hydrogens is 348 g/mol. The number of Topliss-reactive ketones (excluding diaryl/α,β-unsaturated/α-hetero) is 1. The Morgan fingerprint density at radius 2 is 1.92 bits per heavy atom. The molecule has 6 heteroatoms. The molecule has 3 rings (SSSR count). The molecule has 1 amide bonds. The van der Waals surface area contributed by atoms with Crippen molar-refractivity contribution in [1.29, 1.82) is 0 Å². The van der Waals surface area contributed by atoms with Gasteiger partial charge in [-0.15, -0.1) is 11.8 Å². The number of carbonyl (C=O) groups is 2. The zero-order valence-electron chi connectivity index (χ0n) is 14.5. The van der Waals surface area contributed by atoms with Crippen LogP contribution in [-0.4, -0.2) is 16.8 Å². The Kier molecular flexibility index (Phi) is 5.53. The number of benzene rings is 2. The van der Waals surface area contributed by atoms with E-state index in [1.165, 1.54) is 18.7 Å². The Morgan fingerprint density at radius 1 is 1.12 bits per heavy atom. The van der Waals surface area contributed by atoms with E-state index in [0.717, 1.165) is 16.3 Å². The van der Waals surface area contributed by atoms with Crippen molar-refractivity contribution < 1.29 is 14.1 Å². The summed E-state index contributed by atoms with van der Waals surface area (Å²) >= 11 is 1.52. The van der Waals surface area contributed by atoms with Crippen molar-refractivity contribution in [3.63, 3.8) is 0 Å². The van der Waals surface area contributed by atoms with Crippen LogP contribution in [0.25, 0.3) is 0 Å². The monoisotopic (exact) mass is 366 g/mol. The summed E-state index contributed by atoms with van der Waals surface area (Å²) in [5, 5.41) is 6.83. The van der Waals surface area contributed by atoms with Gasteiger partial charge >= 0.3 is 0 Å². The number of hydrogen-bond donors (Lipinski definition) is 1. The average molecular weight is 366 g/mol. The first-order valence-electron chi connectivity index (χ1n) is 8.09. The highest BCUT2D eigenvalue weighted by atomic mass is 32.2. The van der Waals surface area contributed by atoms with Crippen LogP contribution in [0, 0.1) is 6.92 Å². The van der Waals surface area contributed by atoms with E-state index >= 15 is 0 Å². The molecule has 0 aliphatic rings. The van der Waals surface area contributed by atoms with E-state index in [1.54, 1.807) is 30.3 Å². The summed E-state index contributed by atoms with van der Waals surface area (Å²) < 4.78 is 5.07. The van der Waals surface area contributed by atoms with Crippen LogP contribution in [0.15, 0.2) is 64.0 Å². The molecule has 3 aromatic rings. The number of ketones is 1. The van der Waals surface area contributed by atoms with E-state index < -0.39 is 0 Å². The lowest BCUT2D eigenvalue weighted by Gasteiger charge is -2.10. The Hall–Kier alpha value is -2.86. The van der Waals surface area contributed by atoms with Gasteiger partial charge in [-0.25, -0.2) is 0 Å². The number of nitrogens with zero attached hydrogens (tertiary/aromatic N) is 1. The third-order valence-corrected chi connectivity index (χ3v) is 4.82. The number of amides is 1. The molecule has 0 saturated heterocycles. The topological polar surface area (TPSA) is 72.2 Å². The van der Waals surface area contributed by atoms with Gasteiger partial charge in [0.25, 0.3) is 5.91 Å². The van der Waals surface area contributed by atoms with E-state index in [2.05, 4.69) is 10.5 Å². The van der Waals surface area contributed by atoms with Crippen LogP contribution < -0.4 is 5.32 Å². The van der Waals surface area contributed by atoms with E-state index in [0.29, 0.717) is 22.6 Å². The third-order valence-electron chi connectivity index (χ3n) is 3.71. The zero-order chi connectivity index (χ0) is 18.5. The van der Waals surface area contributed by atoms with Gasteiger partial charge in [0.05, 0.1) is 11.3 Å². The first-order valence-corrected chi connectivity index (χ1v) is 9.08. The smallest absolute Gasteiger partial charge is 0.256 e. The number of nitrogens with one attached hydrogen (secondary N) is 1. The van der Waals surface area contributed by atoms with Crippen LogP contribution in [0.3, 0.4) is 0 Å². The molecule has 0 fully saturated rings. The number of aromatic nitrogens is 1. The second-order valence-corrected chi connectivity index (χ2v) is 6.82. The summed E-state index contributed by atoms with van der Waals surface area (Å²) in [6, 6.07) is 16.2. The van der Waals surface area contributed by atoms with Crippen LogP contribution >= 0.6 is 11.8 Å². The van der Waals surface area contributed by atoms with E-state index in [-0.39, 0.29) is 11.7 Å². The van der Waals surface area contributed by atoms with Gasteiger partial charge in [0.2, 0.25) is 0 Å². The fourth-order valence-corrected chi connectivity index (χ4v) is 3.36. The molecular formula is C20H18N2O3S. The Morgan fingerprint density at radius 3 is 2.65 bits per heavy atom. The minimum absolute atomic E-state index is 0.0417. The largest absolute Gasteiger partial charge is 0.361 e. The molecule has 0 aliphatic carbocycles. The highest BCUT2D eigenvalue weighted by molar-refractivity contribution is 7.98. The summed E-state index contributed by atoms with van der Waals surface area (Å²) in [6.07, 6.45) is 0. The van der Waals surface area contributed by atoms with Crippen molar-refractivity contribution in [2.75, 3.05) is 5.32 Å². The molecule has 0 saturated carbocycles. The SMILES string of the molecule is CC(=O)c1cccc(NC(=O)c2ccccc2SCc2cc(C)on2)c1. The maximum Gasteiger partial charge on any atom is 0.256 e. The van der Waals surface area contributed by atoms with E-state index in [1.807, 2.05) is 31.2 Å². The second kappa shape index (κ2) is 8.01. The quantitative estimate of drug-likeness (QED) is 0.504. The molecule has 1 aromatic heterocycles. The van der Waals surface area contributed by atoms with Gasteiger partial charge in [-0.1, -0.05) is 29.4 Å². The molecule has 0 spiro atoms. The van der Waals surface area contributed by atoms with Crippen LogP contribution in [-0.2, 0) is 5.75 Å². The second-order valence-electron chi connectivity index (χ2n) is 5.80. The number of rotatable bonds is 6. The molecule has 0 unspecified atom stereocenters. The van der Waals surface area contributed by atoms with Crippen LogP contribution in [0.5, 0.6) is 0 Å². The van der Waals surface area contributed by atoms with Gasteiger partial charge < -0.3 is 9.84 Å². The van der Waals surface area contributed by atoms with Gasteiger partial charge in [-0.2, -0.15) is 0 Å². The molecule has 0 aliphatic heterocycles. The molecule has 5 nitrogen and oxygen atoms in total. The Labute approximate surface area is 155 Å². The van der Waals surface area contributed by atoms with Crippen molar-refractivity contribution in [2.24, 2.45) is 0 Å². The number of carbonyl (C=O) groups excluding carboxylic acids is 2. The standard InChI is InChI=1S/C20H18N2O3S/c1-13-10-17(22-25-13)12-26-19-9-4-3-8-18(19)20(24)21-16-7-5-6-15(11-16)14(2)23/h3-11H,12H2,1-2H3,(H,21,24). The number of anilines is 1. The molecule has 0 radical (unpaired) electrons. The van der Waals surface area contributed by atoms with Crippen molar-refractivity contribution in [1.82, 2.24) is 5.16 Å². The fourth-order valence-electron chi connectivity index (χ4n) is 2.43. The lowest BCUT2D eigenvalue weighted by Crippen LogP contribution is -2.13. The van der Waals surface area contributed by atoms with Crippen molar-refractivity contribution in [3.05, 3.63) is 77.2 Å². The Bertz CT molecular complexity index is 949. The molecule has 0 atom stereocenters. The fraction of sp³-hybridized carbons (Fsp3) is 0.150. The predicted molar refractivity (Wildman–Crippen MR) is 102 cm³/mol. The molecule has 26 heavy (non-hydrogen) atoms. The predicted octanol–water partition coefficient (Wildman–Crippen LogP) is 4.73. The van der Waals surface area contributed by atoms with E-state index in [9.17, 15) is 9.59 Å². The van der Waals surface area contributed by atoms with Crippen molar-refractivity contribution >= 4 is 29.1 Å². The van der Waals surface area contributed by atoms with Gasteiger partial charge in [-0.3, -0.25) is 9.59 Å². The lowest BCUT2D eigenvalue weighted by molar-refractivity contribution is 0.101. The molecule has 1 N–H and O–H groups in total. The highest BCUT2D eigenvalue weighted by Crippen LogP contribution is 2.27. The van der Waals surface area contributed by atoms with Crippen LogP contribution in [0.1, 0.15) is 39.1 Å². The zero-order valence-corrected chi connectivity index (χ0v) is 15.3. The van der Waals surface area contributed by atoms with Gasteiger partial charge in [-0.05, 0) is 38.1 Å². The maximum atomic E-state index is 12.7. The number of hydrogen-bond acceptors (Lipinski definition) is 5. The summed E-state index contributed by atoms with van der Waals surface area (Å²) in [5.74, 6) is 1.11.